The molecular formula is C28H26FN3O. The highest BCUT2D eigenvalue weighted by Gasteiger charge is 2.25. The first-order valence-electron chi connectivity index (χ1n) is 11.4. The standard InChI is InChI=1S/C28H26FN3O/c29-24-14-11-21(12-15-24)23-13-16-27-30-26(19-32(27)18-23)28(33)31-25(22-9-5-2-6-10-22)17-20-7-3-1-4-8-20/h1-12,14-15,19,23,25H,13,16-18H2,(H,31,33)/t23-,25-/m0/s1. The minimum atomic E-state index is -0.222. The molecule has 1 N–H and O–H groups in total. The largest absolute Gasteiger partial charge is 0.344 e. The highest BCUT2D eigenvalue weighted by Crippen LogP contribution is 2.29. The van der Waals surface area contributed by atoms with E-state index in [1.807, 2.05) is 66.9 Å². The Balaban J connectivity index is 1.33. The van der Waals surface area contributed by atoms with Gasteiger partial charge in [-0.15, -0.1) is 0 Å². The molecule has 33 heavy (non-hydrogen) atoms. The summed E-state index contributed by atoms with van der Waals surface area (Å²) >= 11 is 0. The number of nitrogens with one attached hydrogen (secondary N) is 1. The molecule has 0 aliphatic carbocycles. The Morgan fingerprint density at radius 3 is 2.42 bits per heavy atom. The summed E-state index contributed by atoms with van der Waals surface area (Å²) < 4.78 is 15.4. The quantitative estimate of drug-likeness (QED) is 0.433. The maximum atomic E-state index is 13.3. The molecule has 4 aromatic rings. The van der Waals surface area contributed by atoms with Crippen LogP contribution >= 0.6 is 0 Å². The van der Waals surface area contributed by atoms with E-state index in [0.717, 1.165) is 41.9 Å². The highest BCUT2D eigenvalue weighted by atomic mass is 19.1. The number of rotatable bonds is 6. The molecular weight excluding hydrogens is 413 g/mol. The van der Waals surface area contributed by atoms with Crippen LogP contribution in [0.5, 0.6) is 0 Å². The van der Waals surface area contributed by atoms with Crippen LogP contribution in [0.25, 0.3) is 0 Å². The molecule has 0 saturated heterocycles. The zero-order valence-corrected chi connectivity index (χ0v) is 18.3. The van der Waals surface area contributed by atoms with Crippen molar-refractivity contribution in [2.45, 2.75) is 37.8 Å². The van der Waals surface area contributed by atoms with Gasteiger partial charge in [-0.2, -0.15) is 0 Å². The van der Waals surface area contributed by atoms with Gasteiger partial charge in [0.05, 0.1) is 6.04 Å². The summed E-state index contributed by atoms with van der Waals surface area (Å²) in [4.78, 5) is 17.8. The molecule has 1 aromatic heterocycles. The third kappa shape index (κ3) is 4.87. The first kappa shape index (κ1) is 21.1. The van der Waals surface area contributed by atoms with E-state index in [1.54, 1.807) is 0 Å². The van der Waals surface area contributed by atoms with Gasteiger partial charge in [0.15, 0.2) is 0 Å². The molecule has 2 heterocycles. The average Bonchev–Trinajstić information content (AvgIpc) is 3.29. The second-order valence-electron chi connectivity index (χ2n) is 8.61. The Morgan fingerprint density at radius 1 is 1.00 bits per heavy atom. The minimum absolute atomic E-state index is 0.146. The summed E-state index contributed by atoms with van der Waals surface area (Å²) in [7, 11) is 0. The number of benzene rings is 3. The Bertz CT molecular complexity index is 1220. The first-order valence-corrected chi connectivity index (χ1v) is 11.4. The van der Waals surface area contributed by atoms with Gasteiger partial charge in [0.2, 0.25) is 0 Å². The molecule has 0 bridgehead atoms. The number of fused-ring (bicyclic) bond motifs is 1. The van der Waals surface area contributed by atoms with Crippen LogP contribution in [0.1, 0.15) is 51.4 Å². The SMILES string of the molecule is O=C(N[C@@H](Cc1ccccc1)c1ccccc1)c1cn2c(n1)CC[C@H](c1ccc(F)cc1)C2. The summed E-state index contributed by atoms with van der Waals surface area (Å²) in [5, 5.41) is 3.20. The van der Waals surface area contributed by atoms with E-state index < -0.39 is 0 Å². The van der Waals surface area contributed by atoms with E-state index in [-0.39, 0.29) is 17.8 Å². The zero-order chi connectivity index (χ0) is 22.6. The number of aromatic nitrogens is 2. The van der Waals surface area contributed by atoms with Crippen molar-refractivity contribution in [2.24, 2.45) is 0 Å². The van der Waals surface area contributed by atoms with E-state index >= 15 is 0 Å². The lowest BCUT2D eigenvalue weighted by atomic mass is 9.92. The highest BCUT2D eigenvalue weighted by molar-refractivity contribution is 5.92. The molecule has 2 atom stereocenters. The molecule has 5 rings (SSSR count). The number of carbonyl (C=O) groups is 1. The molecule has 1 aliphatic heterocycles. The van der Waals surface area contributed by atoms with Crippen LogP contribution in [-0.2, 0) is 19.4 Å². The summed E-state index contributed by atoms with van der Waals surface area (Å²) in [6.07, 6.45) is 4.29. The smallest absolute Gasteiger partial charge is 0.271 e. The summed E-state index contributed by atoms with van der Waals surface area (Å²) in [5.74, 6) is 0.830. The fourth-order valence-electron chi connectivity index (χ4n) is 4.58. The normalized spacial score (nSPS) is 16.1. The molecule has 0 radical (unpaired) electrons. The fourth-order valence-corrected chi connectivity index (χ4v) is 4.58. The molecule has 1 aliphatic rings. The molecule has 4 nitrogen and oxygen atoms in total. The zero-order valence-electron chi connectivity index (χ0n) is 18.3. The Hall–Kier alpha value is -3.73. The second kappa shape index (κ2) is 9.41. The van der Waals surface area contributed by atoms with Crippen molar-refractivity contribution < 1.29 is 9.18 Å². The van der Waals surface area contributed by atoms with E-state index in [0.29, 0.717) is 18.0 Å². The van der Waals surface area contributed by atoms with Crippen LogP contribution in [0, 0.1) is 5.82 Å². The van der Waals surface area contributed by atoms with Crippen LogP contribution in [0.2, 0.25) is 0 Å². The van der Waals surface area contributed by atoms with Crippen LogP contribution in [-0.4, -0.2) is 15.5 Å². The molecule has 0 saturated carbocycles. The van der Waals surface area contributed by atoms with E-state index in [4.69, 9.17) is 0 Å². The monoisotopic (exact) mass is 439 g/mol. The third-order valence-electron chi connectivity index (χ3n) is 6.36. The molecule has 0 spiro atoms. The molecule has 3 aromatic carbocycles. The Labute approximate surface area is 193 Å². The van der Waals surface area contributed by atoms with Gasteiger partial charge in [-0.3, -0.25) is 4.79 Å². The topological polar surface area (TPSA) is 46.9 Å². The maximum absolute atomic E-state index is 13.3. The third-order valence-corrected chi connectivity index (χ3v) is 6.36. The number of hydrogen-bond donors (Lipinski definition) is 1. The molecule has 5 heteroatoms. The van der Waals surface area contributed by atoms with Gasteiger partial charge in [0.1, 0.15) is 17.3 Å². The van der Waals surface area contributed by atoms with Gasteiger partial charge < -0.3 is 9.88 Å². The van der Waals surface area contributed by atoms with Crippen molar-refractivity contribution in [1.82, 2.24) is 14.9 Å². The lowest BCUT2D eigenvalue weighted by Gasteiger charge is -2.24. The van der Waals surface area contributed by atoms with Gasteiger partial charge >= 0.3 is 0 Å². The van der Waals surface area contributed by atoms with Crippen LogP contribution < -0.4 is 5.32 Å². The minimum Gasteiger partial charge on any atom is -0.344 e. The van der Waals surface area contributed by atoms with Gasteiger partial charge in [0, 0.05) is 25.1 Å². The van der Waals surface area contributed by atoms with Crippen molar-refractivity contribution in [3.63, 3.8) is 0 Å². The predicted molar refractivity (Wildman–Crippen MR) is 126 cm³/mol. The van der Waals surface area contributed by atoms with Gasteiger partial charge in [-0.05, 0) is 41.7 Å². The van der Waals surface area contributed by atoms with Crippen molar-refractivity contribution in [2.75, 3.05) is 0 Å². The lowest BCUT2D eigenvalue weighted by molar-refractivity contribution is 0.0931. The first-order chi connectivity index (χ1) is 16.2. The van der Waals surface area contributed by atoms with Crippen LogP contribution in [0.4, 0.5) is 4.39 Å². The van der Waals surface area contributed by atoms with Crippen molar-refractivity contribution >= 4 is 5.91 Å². The predicted octanol–water partition coefficient (Wildman–Crippen LogP) is 5.47. The van der Waals surface area contributed by atoms with Crippen LogP contribution in [0.15, 0.2) is 91.1 Å². The fraction of sp³-hybridized carbons (Fsp3) is 0.214. The second-order valence-corrected chi connectivity index (χ2v) is 8.61. The Morgan fingerprint density at radius 2 is 1.70 bits per heavy atom. The molecule has 166 valence electrons. The number of halogens is 1. The summed E-state index contributed by atoms with van der Waals surface area (Å²) in [6, 6.07) is 26.8. The number of carbonyl (C=O) groups excluding carboxylic acids is 1. The average molecular weight is 440 g/mol. The maximum Gasteiger partial charge on any atom is 0.271 e. The number of imidazole rings is 1. The van der Waals surface area contributed by atoms with Crippen LogP contribution in [0.3, 0.4) is 0 Å². The number of aryl methyl sites for hydroxylation is 1. The van der Waals surface area contributed by atoms with E-state index in [2.05, 4.69) is 27.0 Å². The van der Waals surface area contributed by atoms with E-state index in [1.165, 1.54) is 12.1 Å². The molecule has 0 unspecified atom stereocenters. The summed E-state index contributed by atoms with van der Waals surface area (Å²) in [5.41, 5.74) is 3.79. The van der Waals surface area contributed by atoms with Crippen molar-refractivity contribution in [3.8, 4) is 0 Å². The van der Waals surface area contributed by atoms with Gasteiger partial charge in [-0.1, -0.05) is 72.8 Å². The summed E-state index contributed by atoms with van der Waals surface area (Å²) in [6.45, 7) is 0.743. The number of nitrogens with zero attached hydrogens (tertiary/aromatic N) is 2. The molecule has 1 amide bonds. The van der Waals surface area contributed by atoms with E-state index in [9.17, 15) is 9.18 Å². The lowest BCUT2D eigenvalue weighted by Crippen LogP contribution is -2.30. The van der Waals surface area contributed by atoms with Crippen molar-refractivity contribution in [1.29, 1.82) is 0 Å². The van der Waals surface area contributed by atoms with Gasteiger partial charge in [-0.25, -0.2) is 9.37 Å². The molecule has 0 fully saturated rings. The number of amides is 1. The van der Waals surface area contributed by atoms with Crippen molar-refractivity contribution in [3.05, 3.63) is 125 Å². The number of hydrogen-bond acceptors (Lipinski definition) is 2. The van der Waals surface area contributed by atoms with Gasteiger partial charge in [0.25, 0.3) is 5.91 Å². The Kier molecular flexibility index (Phi) is 6.03.